The minimum atomic E-state index is 0.146. The van der Waals surface area contributed by atoms with Gasteiger partial charge < -0.3 is 15.2 Å². The molecule has 5 heteroatoms. The number of rotatable bonds is 9. The second-order valence-corrected chi connectivity index (χ2v) is 6.43. The molecule has 0 aromatic rings. The molecule has 0 radical (unpaired) electrons. The summed E-state index contributed by atoms with van der Waals surface area (Å²) in [6, 6.07) is 0.635. The molecule has 124 valence electrons. The van der Waals surface area contributed by atoms with Crippen LogP contribution in [0.1, 0.15) is 32.1 Å². The van der Waals surface area contributed by atoms with Crippen LogP contribution in [0.4, 0.5) is 0 Å². The molecule has 0 aliphatic carbocycles. The molecule has 0 spiro atoms. The summed E-state index contributed by atoms with van der Waals surface area (Å²) in [5.41, 5.74) is 6.46. The first-order valence-electron chi connectivity index (χ1n) is 8.45. The van der Waals surface area contributed by atoms with Crippen LogP contribution >= 0.6 is 0 Å². The molecule has 0 amide bonds. The number of fused-ring (bicyclic) bond motifs is 1. The van der Waals surface area contributed by atoms with Crippen molar-refractivity contribution in [1.29, 1.82) is 0 Å². The van der Waals surface area contributed by atoms with Gasteiger partial charge in [-0.25, -0.2) is 0 Å². The summed E-state index contributed by atoms with van der Waals surface area (Å²) in [5, 5.41) is 0. The van der Waals surface area contributed by atoms with E-state index in [1.165, 1.54) is 38.8 Å². The molecule has 2 fully saturated rings. The SMILES string of the molecule is COCCCN(CCOC)C1(CN)CCN2CCCCC21. The molecular weight excluding hydrogens is 266 g/mol. The minimum Gasteiger partial charge on any atom is -0.385 e. The highest BCUT2D eigenvalue weighted by Gasteiger charge is 2.50. The van der Waals surface area contributed by atoms with Crippen LogP contribution in [0.25, 0.3) is 0 Å². The number of nitrogens with zero attached hydrogens (tertiary/aromatic N) is 2. The fraction of sp³-hybridized carbons (Fsp3) is 1.00. The summed E-state index contributed by atoms with van der Waals surface area (Å²) >= 11 is 0. The molecule has 21 heavy (non-hydrogen) atoms. The van der Waals surface area contributed by atoms with Crippen molar-refractivity contribution in [3.05, 3.63) is 0 Å². The van der Waals surface area contributed by atoms with E-state index < -0.39 is 0 Å². The largest absolute Gasteiger partial charge is 0.385 e. The topological polar surface area (TPSA) is 51.0 Å². The second kappa shape index (κ2) is 8.44. The summed E-state index contributed by atoms with van der Waals surface area (Å²) in [5.74, 6) is 0. The first-order valence-corrected chi connectivity index (χ1v) is 8.45. The summed E-state index contributed by atoms with van der Waals surface area (Å²) in [6.45, 7) is 6.84. The van der Waals surface area contributed by atoms with Crippen LogP contribution in [0.3, 0.4) is 0 Å². The standard InChI is InChI=1S/C16H33N3O2/c1-20-12-5-9-19(11-13-21-2)16(14-17)7-10-18-8-4-3-6-15(16)18/h15H,3-14,17H2,1-2H3. The molecular formula is C16H33N3O2. The number of ether oxygens (including phenoxy) is 2. The predicted molar refractivity (Wildman–Crippen MR) is 85.6 cm³/mol. The van der Waals surface area contributed by atoms with Crippen LogP contribution in [0, 0.1) is 0 Å². The van der Waals surface area contributed by atoms with E-state index in [-0.39, 0.29) is 5.54 Å². The molecule has 2 aliphatic heterocycles. The maximum absolute atomic E-state index is 6.31. The third-order valence-corrected chi connectivity index (χ3v) is 5.39. The Balaban J connectivity index is 2.08. The van der Waals surface area contributed by atoms with E-state index in [9.17, 15) is 0 Å². The van der Waals surface area contributed by atoms with Gasteiger partial charge in [0.2, 0.25) is 0 Å². The van der Waals surface area contributed by atoms with Gasteiger partial charge in [-0.1, -0.05) is 6.42 Å². The van der Waals surface area contributed by atoms with Gasteiger partial charge in [0.05, 0.1) is 6.61 Å². The van der Waals surface area contributed by atoms with Gasteiger partial charge in [-0.2, -0.15) is 0 Å². The van der Waals surface area contributed by atoms with Crippen LogP contribution in [-0.2, 0) is 9.47 Å². The molecule has 2 N–H and O–H groups in total. The van der Waals surface area contributed by atoms with Gasteiger partial charge >= 0.3 is 0 Å². The van der Waals surface area contributed by atoms with Gasteiger partial charge in [0.1, 0.15) is 0 Å². The Bertz CT molecular complexity index is 303. The third-order valence-electron chi connectivity index (χ3n) is 5.39. The molecule has 2 saturated heterocycles. The van der Waals surface area contributed by atoms with Crippen molar-refractivity contribution in [3.63, 3.8) is 0 Å². The molecule has 0 bridgehead atoms. The van der Waals surface area contributed by atoms with Crippen molar-refractivity contribution in [2.24, 2.45) is 5.73 Å². The van der Waals surface area contributed by atoms with Crippen LogP contribution in [0.15, 0.2) is 0 Å². The van der Waals surface area contributed by atoms with E-state index in [1.807, 2.05) is 0 Å². The average Bonchev–Trinajstić information content (AvgIpc) is 2.91. The lowest BCUT2D eigenvalue weighted by Gasteiger charge is -2.47. The average molecular weight is 299 g/mol. The highest BCUT2D eigenvalue weighted by molar-refractivity contribution is 5.08. The van der Waals surface area contributed by atoms with Crippen molar-refractivity contribution in [2.75, 3.05) is 60.2 Å². The van der Waals surface area contributed by atoms with E-state index in [2.05, 4.69) is 9.80 Å². The molecule has 0 aromatic heterocycles. The van der Waals surface area contributed by atoms with Crippen molar-refractivity contribution in [3.8, 4) is 0 Å². The maximum Gasteiger partial charge on any atom is 0.0589 e. The monoisotopic (exact) mass is 299 g/mol. The molecule has 2 heterocycles. The van der Waals surface area contributed by atoms with Crippen LogP contribution in [-0.4, -0.2) is 81.5 Å². The number of methoxy groups -OCH3 is 2. The summed E-state index contributed by atoms with van der Waals surface area (Å²) in [6.07, 6.45) is 6.25. The number of hydrogen-bond donors (Lipinski definition) is 1. The smallest absolute Gasteiger partial charge is 0.0589 e. The van der Waals surface area contributed by atoms with Gasteiger partial charge in [0.25, 0.3) is 0 Å². The van der Waals surface area contributed by atoms with Gasteiger partial charge in [-0.05, 0) is 32.2 Å². The first-order chi connectivity index (χ1) is 10.3. The van der Waals surface area contributed by atoms with E-state index in [4.69, 9.17) is 15.2 Å². The Morgan fingerprint density at radius 3 is 2.67 bits per heavy atom. The number of hydrogen-bond acceptors (Lipinski definition) is 5. The van der Waals surface area contributed by atoms with Crippen LogP contribution in [0.2, 0.25) is 0 Å². The third kappa shape index (κ3) is 3.77. The van der Waals surface area contributed by atoms with Gasteiger partial charge in [0, 0.05) is 58.6 Å². The highest BCUT2D eigenvalue weighted by atomic mass is 16.5. The van der Waals surface area contributed by atoms with E-state index in [1.54, 1.807) is 14.2 Å². The van der Waals surface area contributed by atoms with E-state index >= 15 is 0 Å². The lowest BCUT2D eigenvalue weighted by atomic mass is 9.83. The Morgan fingerprint density at radius 1 is 1.14 bits per heavy atom. The van der Waals surface area contributed by atoms with Gasteiger partial charge in [-0.3, -0.25) is 9.80 Å². The minimum absolute atomic E-state index is 0.146. The molecule has 0 aromatic carbocycles. The van der Waals surface area contributed by atoms with Crippen molar-refractivity contribution >= 4 is 0 Å². The lowest BCUT2D eigenvalue weighted by Crippen LogP contribution is -2.62. The lowest BCUT2D eigenvalue weighted by molar-refractivity contribution is 0.0152. The Morgan fingerprint density at radius 2 is 1.95 bits per heavy atom. The number of nitrogens with two attached hydrogens (primary N) is 1. The Hall–Kier alpha value is -0.200. The van der Waals surface area contributed by atoms with Gasteiger partial charge in [-0.15, -0.1) is 0 Å². The van der Waals surface area contributed by atoms with E-state index in [0.29, 0.717) is 6.04 Å². The fourth-order valence-electron chi connectivity index (χ4n) is 4.27. The molecule has 2 rings (SSSR count). The fourth-order valence-corrected chi connectivity index (χ4v) is 4.27. The predicted octanol–water partition coefficient (Wildman–Crippen LogP) is 0.927. The van der Waals surface area contributed by atoms with Gasteiger partial charge in [0.15, 0.2) is 0 Å². The molecule has 0 saturated carbocycles. The quantitative estimate of drug-likeness (QED) is 0.642. The van der Waals surface area contributed by atoms with Crippen LogP contribution in [0.5, 0.6) is 0 Å². The Labute approximate surface area is 129 Å². The zero-order chi connectivity index (χ0) is 15.1. The molecule has 5 nitrogen and oxygen atoms in total. The molecule has 2 atom stereocenters. The van der Waals surface area contributed by atoms with Crippen LogP contribution < -0.4 is 5.73 Å². The van der Waals surface area contributed by atoms with Crippen molar-refractivity contribution in [2.45, 2.75) is 43.7 Å². The maximum atomic E-state index is 6.31. The highest BCUT2D eigenvalue weighted by Crippen LogP contribution is 2.38. The number of piperidine rings is 1. The summed E-state index contributed by atoms with van der Waals surface area (Å²) in [7, 11) is 3.56. The Kier molecular flexibility index (Phi) is 6.89. The second-order valence-electron chi connectivity index (χ2n) is 6.43. The van der Waals surface area contributed by atoms with Crippen molar-refractivity contribution in [1.82, 2.24) is 9.80 Å². The zero-order valence-corrected chi connectivity index (χ0v) is 13.9. The molecule has 2 unspecified atom stereocenters. The summed E-state index contributed by atoms with van der Waals surface area (Å²) < 4.78 is 10.6. The zero-order valence-electron chi connectivity index (χ0n) is 13.9. The normalized spacial score (nSPS) is 30.0. The van der Waals surface area contributed by atoms with Crippen molar-refractivity contribution < 1.29 is 9.47 Å². The first kappa shape index (κ1) is 17.2. The molecule has 2 aliphatic rings. The van der Waals surface area contributed by atoms with E-state index in [0.717, 1.165) is 39.3 Å². The summed E-state index contributed by atoms with van der Waals surface area (Å²) in [4.78, 5) is 5.28.